The normalized spacial score (nSPS) is 15.0. The van der Waals surface area contributed by atoms with Crippen LogP contribution in [0.4, 0.5) is 17.6 Å². The summed E-state index contributed by atoms with van der Waals surface area (Å²) in [4.78, 5) is 12.2. The van der Waals surface area contributed by atoms with Crippen molar-refractivity contribution in [2.24, 2.45) is 11.7 Å². The van der Waals surface area contributed by atoms with Crippen LogP contribution < -0.4 is 15.8 Å². The number of amides is 1. The van der Waals surface area contributed by atoms with Gasteiger partial charge >= 0.3 is 6.61 Å². The summed E-state index contributed by atoms with van der Waals surface area (Å²) in [5.41, 5.74) is 6.58. The molecule has 2 unspecified atom stereocenters. The van der Waals surface area contributed by atoms with E-state index in [4.69, 9.17) is 17.3 Å². The quantitative estimate of drug-likeness (QED) is 0.222. The van der Waals surface area contributed by atoms with Crippen LogP contribution in [0.15, 0.2) is 48.5 Å². The smallest absolute Gasteiger partial charge is 0.387 e. The van der Waals surface area contributed by atoms with Crippen LogP contribution in [0.5, 0.6) is 5.75 Å². The van der Waals surface area contributed by atoms with Crippen LogP contribution >= 0.6 is 11.6 Å². The standard InChI is InChI=1S/C27H26ClF4NO2.C7H15N/c1-4-14(2)18(16-8-6-5-7-9-16)13-19-15(3)12-20(29)24(28)22(19)23-17(26(33)34)10-11-21(25(23)30)35-27(31)32;1-8-7-5-3-2-4-6-7/h5-12,14,18,27H,4,13H2,1-3H3,(H2,33,34);7-8H,2-6H2,1H3. The fraction of sp³-hybridized carbons (Fsp3) is 0.441. The van der Waals surface area contributed by atoms with Gasteiger partial charge < -0.3 is 15.8 Å². The predicted molar refractivity (Wildman–Crippen MR) is 165 cm³/mol. The second-order valence-corrected chi connectivity index (χ2v) is 11.5. The first-order valence-electron chi connectivity index (χ1n) is 14.8. The molecule has 234 valence electrons. The van der Waals surface area contributed by atoms with E-state index in [-0.39, 0.29) is 23.0 Å². The van der Waals surface area contributed by atoms with E-state index >= 15 is 4.39 Å². The van der Waals surface area contributed by atoms with Crippen molar-refractivity contribution >= 4 is 17.5 Å². The molecule has 3 aromatic carbocycles. The van der Waals surface area contributed by atoms with Crippen LogP contribution in [-0.2, 0) is 6.42 Å². The van der Waals surface area contributed by atoms with Crippen molar-refractivity contribution < 1.29 is 27.1 Å². The maximum absolute atomic E-state index is 15.6. The van der Waals surface area contributed by atoms with Crippen LogP contribution in [-0.4, -0.2) is 25.6 Å². The molecule has 1 amide bonds. The van der Waals surface area contributed by atoms with Crippen LogP contribution in [0.3, 0.4) is 0 Å². The Kier molecular flexibility index (Phi) is 12.9. The molecule has 9 heteroatoms. The first-order chi connectivity index (χ1) is 20.5. The Hall–Kier alpha value is -3.10. The van der Waals surface area contributed by atoms with Gasteiger partial charge in [0.1, 0.15) is 5.82 Å². The fourth-order valence-electron chi connectivity index (χ4n) is 5.75. The summed E-state index contributed by atoms with van der Waals surface area (Å²) < 4.78 is 60.5. The average molecular weight is 621 g/mol. The molecule has 0 radical (unpaired) electrons. The van der Waals surface area contributed by atoms with E-state index in [2.05, 4.69) is 24.0 Å². The summed E-state index contributed by atoms with van der Waals surface area (Å²) in [6.45, 7) is 2.46. The van der Waals surface area contributed by atoms with E-state index < -0.39 is 40.5 Å². The lowest BCUT2D eigenvalue weighted by molar-refractivity contribution is -0.0521. The first-order valence-corrected chi connectivity index (χ1v) is 15.1. The maximum Gasteiger partial charge on any atom is 0.387 e. The number of nitrogens with two attached hydrogens (primary N) is 1. The molecule has 0 saturated heterocycles. The van der Waals surface area contributed by atoms with Gasteiger partial charge in [-0.3, -0.25) is 4.79 Å². The van der Waals surface area contributed by atoms with Gasteiger partial charge in [0, 0.05) is 17.2 Å². The van der Waals surface area contributed by atoms with E-state index in [1.807, 2.05) is 37.3 Å². The highest BCUT2D eigenvalue weighted by atomic mass is 35.5. The molecule has 1 aliphatic carbocycles. The van der Waals surface area contributed by atoms with E-state index in [1.54, 1.807) is 6.92 Å². The maximum atomic E-state index is 15.6. The summed E-state index contributed by atoms with van der Waals surface area (Å²) in [5, 5.41) is 2.87. The van der Waals surface area contributed by atoms with E-state index in [0.717, 1.165) is 30.2 Å². The van der Waals surface area contributed by atoms with Crippen LogP contribution in [0, 0.1) is 24.5 Å². The molecule has 1 saturated carbocycles. The van der Waals surface area contributed by atoms with Crippen molar-refractivity contribution in [3.8, 4) is 16.9 Å². The molecule has 0 spiro atoms. The van der Waals surface area contributed by atoms with Gasteiger partial charge in [0.25, 0.3) is 0 Å². The minimum Gasteiger partial charge on any atom is -0.432 e. The fourth-order valence-corrected chi connectivity index (χ4v) is 6.01. The Bertz CT molecular complexity index is 1360. The molecule has 4 rings (SSSR count). The van der Waals surface area contributed by atoms with Gasteiger partial charge in [0.05, 0.1) is 10.6 Å². The zero-order valence-corrected chi connectivity index (χ0v) is 25.9. The number of halogens is 5. The largest absolute Gasteiger partial charge is 0.432 e. The third kappa shape index (κ3) is 8.73. The summed E-state index contributed by atoms with van der Waals surface area (Å²) in [6, 6.07) is 13.7. The van der Waals surface area contributed by atoms with Crippen LogP contribution in [0.2, 0.25) is 5.02 Å². The van der Waals surface area contributed by atoms with Gasteiger partial charge in [-0.15, -0.1) is 0 Å². The zero-order chi connectivity index (χ0) is 31.7. The Morgan fingerprint density at radius 3 is 2.26 bits per heavy atom. The Morgan fingerprint density at radius 2 is 1.72 bits per heavy atom. The number of rotatable bonds is 10. The number of alkyl halides is 2. The van der Waals surface area contributed by atoms with Gasteiger partial charge in [-0.05, 0) is 80.0 Å². The summed E-state index contributed by atoms with van der Waals surface area (Å²) >= 11 is 6.37. The third-order valence-corrected chi connectivity index (χ3v) is 8.75. The van der Waals surface area contributed by atoms with E-state index in [1.165, 1.54) is 38.2 Å². The number of aryl methyl sites for hydroxylation is 1. The predicted octanol–water partition coefficient (Wildman–Crippen LogP) is 9.20. The highest BCUT2D eigenvalue weighted by Crippen LogP contribution is 2.44. The number of primary amides is 1. The van der Waals surface area contributed by atoms with Gasteiger partial charge in [0.2, 0.25) is 5.91 Å². The molecular weight excluding hydrogens is 580 g/mol. The van der Waals surface area contributed by atoms with Gasteiger partial charge in [-0.2, -0.15) is 8.78 Å². The van der Waals surface area contributed by atoms with E-state index in [9.17, 15) is 18.0 Å². The molecule has 3 aromatic rings. The van der Waals surface area contributed by atoms with Crippen molar-refractivity contribution in [1.29, 1.82) is 0 Å². The van der Waals surface area contributed by atoms with E-state index in [0.29, 0.717) is 17.5 Å². The van der Waals surface area contributed by atoms with Crippen molar-refractivity contribution in [3.63, 3.8) is 0 Å². The molecule has 43 heavy (non-hydrogen) atoms. The Morgan fingerprint density at radius 1 is 1.07 bits per heavy atom. The molecule has 1 aliphatic rings. The van der Waals surface area contributed by atoms with Crippen LogP contribution in [0.1, 0.15) is 85.3 Å². The molecule has 0 aromatic heterocycles. The van der Waals surface area contributed by atoms with Crippen LogP contribution in [0.25, 0.3) is 11.1 Å². The third-order valence-electron chi connectivity index (χ3n) is 8.38. The minimum atomic E-state index is -3.31. The second kappa shape index (κ2) is 16.1. The highest BCUT2D eigenvalue weighted by Gasteiger charge is 2.29. The molecule has 2 atom stereocenters. The number of ether oxygens (including phenoxy) is 1. The van der Waals surface area contributed by atoms with Crippen molar-refractivity contribution in [3.05, 3.63) is 87.4 Å². The first kappa shape index (κ1) is 34.4. The number of hydrogen-bond donors (Lipinski definition) is 2. The lowest BCUT2D eigenvalue weighted by atomic mass is 9.78. The van der Waals surface area contributed by atoms with Gasteiger partial charge in [0.15, 0.2) is 11.6 Å². The summed E-state index contributed by atoms with van der Waals surface area (Å²) in [5.74, 6) is -3.80. The van der Waals surface area contributed by atoms with Gasteiger partial charge in [-0.25, -0.2) is 8.78 Å². The van der Waals surface area contributed by atoms with Crippen molar-refractivity contribution in [2.75, 3.05) is 7.05 Å². The number of nitrogens with one attached hydrogen (secondary N) is 1. The van der Waals surface area contributed by atoms with Gasteiger partial charge in [-0.1, -0.05) is 81.5 Å². The summed E-state index contributed by atoms with van der Waals surface area (Å²) in [6.07, 6.45) is 8.29. The Labute approximate surface area is 257 Å². The highest BCUT2D eigenvalue weighted by molar-refractivity contribution is 6.34. The topological polar surface area (TPSA) is 64.4 Å². The summed E-state index contributed by atoms with van der Waals surface area (Å²) in [7, 11) is 2.07. The number of hydrogen-bond acceptors (Lipinski definition) is 3. The average Bonchev–Trinajstić information content (AvgIpc) is 3.00. The van der Waals surface area contributed by atoms with Crippen molar-refractivity contribution in [1.82, 2.24) is 5.32 Å². The Balaban J connectivity index is 0.000000546. The lowest BCUT2D eigenvalue weighted by Crippen LogP contribution is -2.26. The zero-order valence-electron chi connectivity index (χ0n) is 25.2. The minimum absolute atomic E-state index is 0.0548. The lowest BCUT2D eigenvalue weighted by Gasteiger charge is -2.27. The monoisotopic (exact) mass is 620 g/mol. The SMILES string of the molecule is CCC(C)C(Cc1c(C)cc(F)c(Cl)c1-c1c(C(N)=O)ccc(OC(F)F)c1F)c1ccccc1.CNC1CCCCC1. The molecule has 0 aliphatic heterocycles. The van der Waals surface area contributed by atoms with Crippen molar-refractivity contribution in [2.45, 2.75) is 84.3 Å². The second-order valence-electron chi connectivity index (χ2n) is 11.1. The number of carbonyl (C=O) groups excluding carboxylic acids is 1. The molecule has 0 bridgehead atoms. The number of carbonyl (C=O) groups is 1. The molecule has 3 N–H and O–H groups in total. The molecule has 0 heterocycles. The number of benzene rings is 3. The molecule has 4 nitrogen and oxygen atoms in total. The molecule has 1 fully saturated rings. The molecular formula is C34H41ClF4N2O2.